The topological polar surface area (TPSA) is 118 Å². The molecule has 1 fully saturated rings. The first-order chi connectivity index (χ1) is 12.3. The molecular formula is C16H16N2O6S2. The quantitative estimate of drug-likeness (QED) is 0.578. The highest BCUT2D eigenvalue weighted by Crippen LogP contribution is 2.33. The summed E-state index contributed by atoms with van der Waals surface area (Å²) in [6.07, 6.45) is -0.972. The van der Waals surface area contributed by atoms with Crippen LogP contribution >= 0.6 is 0 Å². The molecule has 0 aromatic heterocycles. The first kappa shape index (κ1) is 18.6. The Labute approximate surface area is 152 Å². The molecule has 138 valence electrons. The van der Waals surface area contributed by atoms with Crippen molar-refractivity contribution in [3.05, 3.63) is 64.7 Å². The number of rotatable bonds is 6. The molecule has 2 aromatic rings. The molecule has 0 unspecified atom stereocenters. The maximum atomic E-state index is 12.8. The van der Waals surface area contributed by atoms with Gasteiger partial charge in [-0.3, -0.25) is 14.3 Å². The van der Waals surface area contributed by atoms with Crippen LogP contribution in [0.4, 0.5) is 5.69 Å². The Morgan fingerprint density at radius 1 is 1.15 bits per heavy atom. The molecule has 3 atom stereocenters. The first-order valence-electron chi connectivity index (χ1n) is 7.69. The fourth-order valence-corrected chi connectivity index (χ4v) is 6.03. The summed E-state index contributed by atoms with van der Waals surface area (Å²) in [7, 11) is -5.70. The number of para-hydroxylation sites is 1. The van der Waals surface area contributed by atoms with E-state index in [1.54, 1.807) is 30.3 Å². The van der Waals surface area contributed by atoms with Crippen molar-refractivity contribution in [1.82, 2.24) is 4.31 Å². The second-order valence-electron chi connectivity index (χ2n) is 5.76. The van der Waals surface area contributed by atoms with Crippen LogP contribution < -0.4 is 0 Å². The van der Waals surface area contributed by atoms with Gasteiger partial charge in [-0.2, -0.15) is 4.31 Å². The van der Waals surface area contributed by atoms with Crippen LogP contribution in [0.25, 0.3) is 0 Å². The van der Waals surface area contributed by atoms with Crippen LogP contribution in [0.2, 0.25) is 0 Å². The lowest BCUT2D eigenvalue weighted by Crippen LogP contribution is -2.63. The van der Waals surface area contributed by atoms with Crippen molar-refractivity contribution >= 4 is 26.5 Å². The Morgan fingerprint density at radius 3 is 2.38 bits per heavy atom. The van der Waals surface area contributed by atoms with Crippen LogP contribution in [-0.4, -0.2) is 51.4 Å². The van der Waals surface area contributed by atoms with Crippen molar-refractivity contribution in [2.24, 2.45) is 0 Å². The Morgan fingerprint density at radius 2 is 1.77 bits per heavy atom. The highest BCUT2D eigenvalue weighted by molar-refractivity contribution is 7.89. The minimum absolute atomic E-state index is 0.0922. The lowest BCUT2D eigenvalue weighted by molar-refractivity contribution is -0.387. The molecule has 0 spiro atoms. The number of hydrogen-bond donors (Lipinski definition) is 1. The number of aliphatic hydroxyl groups is 1. The van der Waals surface area contributed by atoms with Crippen LogP contribution in [0.3, 0.4) is 0 Å². The molecule has 1 heterocycles. The van der Waals surface area contributed by atoms with Gasteiger partial charge in [-0.1, -0.05) is 30.3 Å². The van der Waals surface area contributed by atoms with Crippen molar-refractivity contribution in [2.45, 2.75) is 21.9 Å². The zero-order chi connectivity index (χ0) is 18.9. The van der Waals surface area contributed by atoms with E-state index in [-0.39, 0.29) is 12.3 Å². The monoisotopic (exact) mass is 396 g/mol. The lowest BCUT2D eigenvalue weighted by atomic mass is 10.1. The number of nitro benzene ring substituents is 1. The summed E-state index contributed by atoms with van der Waals surface area (Å²) in [6, 6.07) is 12.6. The van der Waals surface area contributed by atoms with E-state index in [9.17, 15) is 27.8 Å². The molecule has 0 aliphatic carbocycles. The first-order valence-corrected chi connectivity index (χ1v) is 10.4. The van der Waals surface area contributed by atoms with E-state index < -0.39 is 48.5 Å². The maximum absolute atomic E-state index is 12.8. The van der Waals surface area contributed by atoms with E-state index >= 15 is 0 Å². The van der Waals surface area contributed by atoms with Gasteiger partial charge < -0.3 is 5.11 Å². The van der Waals surface area contributed by atoms with E-state index in [4.69, 9.17) is 0 Å². The number of β-amino-alcohol motifs (C(OH)–C–C–N with tert-alkyl or cyclic N) is 1. The standard InChI is InChI=1S/C16H16N2O6S2/c19-15-10-17(14(15)11-25(22)12-6-2-1-3-7-12)26(23,24)16-9-5-4-8-13(16)18(20)21/h1-9,14-15,19H,10-11H2/t14-,15-,25+/m0/s1. The average molecular weight is 396 g/mol. The predicted octanol–water partition coefficient (Wildman–Crippen LogP) is 1.14. The van der Waals surface area contributed by atoms with Crippen LogP contribution in [0.15, 0.2) is 64.4 Å². The van der Waals surface area contributed by atoms with Gasteiger partial charge in [0.15, 0.2) is 4.90 Å². The van der Waals surface area contributed by atoms with Gasteiger partial charge in [0, 0.05) is 23.3 Å². The molecule has 3 rings (SSSR count). The average Bonchev–Trinajstić information content (AvgIpc) is 2.64. The number of aliphatic hydroxyl groups excluding tert-OH is 1. The number of hydrogen-bond acceptors (Lipinski definition) is 6. The van der Waals surface area contributed by atoms with E-state index in [0.717, 1.165) is 16.4 Å². The molecule has 0 amide bonds. The second-order valence-corrected chi connectivity index (χ2v) is 9.11. The van der Waals surface area contributed by atoms with Crippen molar-refractivity contribution in [3.63, 3.8) is 0 Å². The minimum atomic E-state index is -4.19. The predicted molar refractivity (Wildman–Crippen MR) is 94.5 cm³/mol. The molecule has 2 aromatic carbocycles. The van der Waals surface area contributed by atoms with E-state index in [1.165, 1.54) is 12.1 Å². The van der Waals surface area contributed by atoms with Crippen LogP contribution in [-0.2, 0) is 20.8 Å². The van der Waals surface area contributed by atoms with E-state index in [0.29, 0.717) is 4.90 Å². The number of sulfonamides is 1. The van der Waals surface area contributed by atoms with E-state index in [1.807, 2.05) is 0 Å². The largest absolute Gasteiger partial charge is 0.390 e. The third kappa shape index (κ3) is 3.40. The molecule has 0 bridgehead atoms. The third-order valence-corrected chi connectivity index (χ3v) is 7.54. The fraction of sp³-hybridized carbons (Fsp3) is 0.250. The van der Waals surface area contributed by atoms with Gasteiger partial charge >= 0.3 is 0 Å². The van der Waals surface area contributed by atoms with Crippen LogP contribution in [0.1, 0.15) is 0 Å². The zero-order valence-electron chi connectivity index (χ0n) is 13.5. The molecule has 10 heteroatoms. The summed E-state index contributed by atoms with van der Waals surface area (Å²) >= 11 is 0. The number of benzene rings is 2. The number of nitrogens with zero attached hydrogens (tertiary/aromatic N) is 2. The Hall–Kier alpha value is -2.14. The van der Waals surface area contributed by atoms with Gasteiger partial charge in [0.2, 0.25) is 10.0 Å². The van der Waals surface area contributed by atoms with E-state index in [2.05, 4.69) is 0 Å². The maximum Gasteiger partial charge on any atom is 0.289 e. The van der Waals surface area contributed by atoms with Gasteiger partial charge in [0.05, 0.1) is 27.9 Å². The Bertz CT molecular complexity index is 948. The SMILES string of the molecule is O=[N+]([O-])c1ccccc1S(=O)(=O)N1C[C@H](O)[C@@H]1C[S@@](=O)c1ccccc1. The fourth-order valence-electron chi connectivity index (χ4n) is 2.74. The molecule has 1 aliphatic rings. The summed E-state index contributed by atoms with van der Waals surface area (Å²) in [4.78, 5) is 10.5. The Balaban J connectivity index is 1.87. The summed E-state index contributed by atoms with van der Waals surface area (Å²) < 4.78 is 39.1. The normalized spacial score (nSPS) is 21.7. The minimum Gasteiger partial charge on any atom is -0.390 e. The van der Waals surface area contributed by atoms with Crippen LogP contribution in [0.5, 0.6) is 0 Å². The molecule has 8 nitrogen and oxygen atoms in total. The number of nitro groups is 1. The zero-order valence-corrected chi connectivity index (χ0v) is 15.1. The third-order valence-electron chi connectivity index (χ3n) is 4.16. The molecule has 1 aliphatic heterocycles. The Kier molecular flexibility index (Phi) is 5.19. The van der Waals surface area contributed by atoms with Crippen molar-refractivity contribution in [2.75, 3.05) is 12.3 Å². The second kappa shape index (κ2) is 7.23. The summed E-state index contributed by atoms with van der Waals surface area (Å²) in [5.74, 6) is -0.0922. The molecule has 1 saturated heterocycles. The van der Waals surface area contributed by atoms with Crippen molar-refractivity contribution in [3.8, 4) is 0 Å². The van der Waals surface area contributed by atoms with Gasteiger partial charge in [-0.05, 0) is 18.2 Å². The highest BCUT2D eigenvalue weighted by atomic mass is 32.2. The lowest BCUT2D eigenvalue weighted by Gasteiger charge is -2.43. The molecule has 26 heavy (non-hydrogen) atoms. The smallest absolute Gasteiger partial charge is 0.289 e. The molecule has 1 N–H and O–H groups in total. The van der Waals surface area contributed by atoms with Crippen LogP contribution in [0, 0.1) is 10.1 Å². The van der Waals surface area contributed by atoms with Crippen molar-refractivity contribution in [1.29, 1.82) is 0 Å². The molecular weight excluding hydrogens is 380 g/mol. The van der Waals surface area contributed by atoms with Gasteiger partial charge in [-0.15, -0.1) is 0 Å². The van der Waals surface area contributed by atoms with Gasteiger partial charge in [0.25, 0.3) is 5.69 Å². The summed E-state index contributed by atoms with van der Waals surface area (Å²) in [5.41, 5.74) is -0.531. The van der Waals surface area contributed by atoms with Gasteiger partial charge in [0.1, 0.15) is 0 Å². The molecule has 0 radical (unpaired) electrons. The summed E-state index contributed by atoms with van der Waals surface area (Å²) in [5, 5.41) is 21.1. The van der Waals surface area contributed by atoms with Crippen molar-refractivity contribution < 1.29 is 22.7 Å². The molecule has 0 saturated carbocycles. The van der Waals surface area contributed by atoms with Gasteiger partial charge in [-0.25, -0.2) is 8.42 Å². The highest BCUT2D eigenvalue weighted by Gasteiger charge is 2.47. The summed E-state index contributed by atoms with van der Waals surface area (Å²) in [6.45, 7) is -0.189.